The van der Waals surface area contributed by atoms with Crippen molar-refractivity contribution in [3.8, 4) is 0 Å². The van der Waals surface area contributed by atoms with Gasteiger partial charge in [-0.15, -0.1) is 0 Å². The summed E-state index contributed by atoms with van der Waals surface area (Å²) in [5.41, 5.74) is -0.529. The molecule has 1 rings (SSSR count). The van der Waals surface area contributed by atoms with E-state index in [2.05, 4.69) is 11.8 Å². The zero-order valence-corrected chi connectivity index (χ0v) is 7.80. The predicted octanol–water partition coefficient (Wildman–Crippen LogP) is 1.24. The molecule has 1 saturated carbocycles. The van der Waals surface area contributed by atoms with Gasteiger partial charge in [0.25, 0.3) is 0 Å². The molecule has 0 aliphatic heterocycles. The molecule has 0 spiro atoms. The first-order chi connectivity index (χ1) is 5.03. The summed E-state index contributed by atoms with van der Waals surface area (Å²) in [4.78, 5) is 2.36. The summed E-state index contributed by atoms with van der Waals surface area (Å²) in [5.74, 6) is 0. The van der Waals surface area contributed by atoms with Crippen LogP contribution in [-0.4, -0.2) is 34.7 Å². The molecule has 0 atom stereocenters. The van der Waals surface area contributed by atoms with E-state index in [1.165, 1.54) is 12.8 Å². The third kappa shape index (κ3) is 3.21. The lowest BCUT2D eigenvalue weighted by molar-refractivity contribution is 0.0351. The number of hydrogen-bond acceptors (Lipinski definition) is 2. The summed E-state index contributed by atoms with van der Waals surface area (Å²) in [7, 11) is 0. The zero-order chi connectivity index (χ0) is 8.48. The van der Waals surface area contributed by atoms with Crippen LogP contribution >= 0.6 is 0 Å². The lowest BCUT2D eigenvalue weighted by Gasteiger charge is -2.27. The van der Waals surface area contributed by atoms with Gasteiger partial charge in [0.05, 0.1) is 5.60 Å². The van der Waals surface area contributed by atoms with Crippen LogP contribution in [-0.2, 0) is 0 Å². The molecule has 0 heterocycles. The molecular formula is C9H19NO. The van der Waals surface area contributed by atoms with Crippen molar-refractivity contribution in [1.82, 2.24) is 4.90 Å². The van der Waals surface area contributed by atoms with Crippen LogP contribution in [0.1, 0.15) is 33.6 Å². The van der Waals surface area contributed by atoms with Crippen molar-refractivity contribution >= 4 is 0 Å². The number of likely N-dealkylation sites (N-methyl/N-ethyl adjacent to an activating group) is 1. The largest absolute Gasteiger partial charge is 0.389 e. The first-order valence-electron chi connectivity index (χ1n) is 4.49. The lowest BCUT2D eigenvalue weighted by atomic mass is 10.1. The topological polar surface area (TPSA) is 23.5 Å². The second kappa shape index (κ2) is 3.11. The molecule has 0 radical (unpaired) electrons. The molecule has 0 aromatic rings. The fraction of sp³-hybridized carbons (Fsp3) is 1.00. The molecular weight excluding hydrogens is 138 g/mol. The number of hydrogen-bond donors (Lipinski definition) is 1. The summed E-state index contributed by atoms with van der Waals surface area (Å²) < 4.78 is 0. The minimum atomic E-state index is -0.529. The molecule has 0 aromatic carbocycles. The highest BCUT2D eigenvalue weighted by Gasteiger charge is 2.30. The van der Waals surface area contributed by atoms with Crippen molar-refractivity contribution in [1.29, 1.82) is 0 Å². The Morgan fingerprint density at radius 3 is 2.27 bits per heavy atom. The molecule has 66 valence electrons. The highest BCUT2D eigenvalue weighted by Crippen LogP contribution is 2.27. The second-order valence-electron chi connectivity index (χ2n) is 4.11. The summed E-state index contributed by atoms with van der Waals surface area (Å²) in [6.07, 6.45) is 2.65. The van der Waals surface area contributed by atoms with Gasteiger partial charge in [-0.1, -0.05) is 6.92 Å². The molecule has 0 bridgehead atoms. The molecule has 1 N–H and O–H groups in total. The van der Waals surface area contributed by atoms with E-state index >= 15 is 0 Å². The predicted molar refractivity (Wildman–Crippen MR) is 46.6 cm³/mol. The average molecular weight is 157 g/mol. The van der Waals surface area contributed by atoms with Crippen molar-refractivity contribution in [2.24, 2.45) is 0 Å². The SMILES string of the molecule is CCN(CC(C)(C)O)C1CC1. The van der Waals surface area contributed by atoms with E-state index in [1.807, 2.05) is 13.8 Å². The van der Waals surface area contributed by atoms with E-state index < -0.39 is 5.60 Å². The van der Waals surface area contributed by atoms with Crippen LogP contribution in [0.3, 0.4) is 0 Å². The van der Waals surface area contributed by atoms with Gasteiger partial charge in [-0.05, 0) is 33.2 Å². The van der Waals surface area contributed by atoms with Gasteiger partial charge in [0.2, 0.25) is 0 Å². The third-order valence-electron chi connectivity index (χ3n) is 2.06. The Morgan fingerprint density at radius 2 is 2.00 bits per heavy atom. The quantitative estimate of drug-likeness (QED) is 0.663. The van der Waals surface area contributed by atoms with E-state index in [9.17, 15) is 5.11 Å². The molecule has 0 aromatic heterocycles. The Hall–Kier alpha value is -0.0800. The van der Waals surface area contributed by atoms with E-state index in [-0.39, 0.29) is 0 Å². The van der Waals surface area contributed by atoms with Gasteiger partial charge >= 0.3 is 0 Å². The van der Waals surface area contributed by atoms with Crippen LogP contribution in [0.4, 0.5) is 0 Å². The lowest BCUT2D eigenvalue weighted by Crippen LogP contribution is -2.39. The minimum Gasteiger partial charge on any atom is -0.389 e. The van der Waals surface area contributed by atoms with Crippen LogP contribution in [0.15, 0.2) is 0 Å². The highest BCUT2D eigenvalue weighted by molar-refractivity contribution is 4.86. The summed E-state index contributed by atoms with van der Waals surface area (Å²) in [6, 6.07) is 0.770. The molecule has 0 amide bonds. The normalized spacial score (nSPS) is 19.4. The maximum absolute atomic E-state index is 9.55. The first kappa shape index (κ1) is 9.01. The van der Waals surface area contributed by atoms with Gasteiger partial charge < -0.3 is 5.11 Å². The minimum absolute atomic E-state index is 0.529. The summed E-state index contributed by atoms with van der Waals surface area (Å²) >= 11 is 0. The fourth-order valence-electron chi connectivity index (χ4n) is 1.44. The Kier molecular flexibility index (Phi) is 2.55. The van der Waals surface area contributed by atoms with Crippen molar-refractivity contribution in [2.45, 2.75) is 45.3 Å². The molecule has 11 heavy (non-hydrogen) atoms. The van der Waals surface area contributed by atoms with Gasteiger partial charge in [-0.3, -0.25) is 4.90 Å². The maximum atomic E-state index is 9.55. The van der Waals surface area contributed by atoms with Crippen LogP contribution in [0.5, 0.6) is 0 Å². The van der Waals surface area contributed by atoms with Crippen LogP contribution in [0.2, 0.25) is 0 Å². The smallest absolute Gasteiger partial charge is 0.0718 e. The third-order valence-corrected chi connectivity index (χ3v) is 2.06. The molecule has 1 fully saturated rings. The van der Waals surface area contributed by atoms with Crippen LogP contribution < -0.4 is 0 Å². The van der Waals surface area contributed by atoms with Crippen molar-refractivity contribution in [3.05, 3.63) is 0 Å². The van der Waals surface area contributed by atoms with Crippen LogP contribution in [0, 0.1) is 0 Å². The van der Waals surface area contributed by atoms with Gasteiger partial charge in [0.15, 0.2) is 0 Å². The van der Waals surface area contributed by atoms with Crippen molar-refractivity contribution in [2.75, 3.05) is 13.1 Å². The Labute approximate surface area is 69.2 Å². The fourth-order valence-corrected chi connectivity index (χ4v) is 1.44. The van der Waals surface area contributed by atoms with Gasteiger partial charge in [-0.25, -0.2) is 0 Å². The Bertz CT molecular complexity index is 124. The molecule has 2 nitrogen and oxygen atoms in total. The average Bonchev–Trinajstić information content (AvgIpc) is 2.61. The van der Waals surface area contributed by atoms with Crippen molar-refractivity contribution < 1.29 is 5.11 Å². The highest BCUT2D eigenvalue weighted by atomic mass is 16.3. The molecule has 1 aliphatic rings. The number of rotatable bonds is 4. The zero-order valence-electron chi connectivity index (χ0n) is 7.80. The van der Waals surface area contributed by atoms with Gasteiger partial charge in [-0.2, -0.15) is 0 Å². The molecule has 1 aliphatic carbocycles. The van der Waals surface area contributed by atoms with Gasteiger partial charge in [0, 0.05) is 12.6 Å². The van der Waals surface area contributed by atoms with E-state index in [0.29, 0.717) is 0 Å². The number of nitrogens with zero attached hydrogens (tertiary/aromatic N) is 1. The van der Waals surface area contributed by atoms with E-state index in [4.69, 9.17) is 0 Å². The summed E-state index contributed by atoms with van der Waals surface area (Å²) in [5, 5.41) is 9.55. The molecule has 0 saturated heterocycles. The molecule has 2 heteroatoms. The van der Waals surface area contributed by atoms with Crippen molar-refractivity contribution in [3.63, 3.8) is 0 Å². The standard InChI is InChI=1S/C9H19NO/c1-4-10(8-5-6-8)7-9(2,3)11/h8,11H,4-7H2,1-3H3. The second-order valence-corrected chi connectivity index (χ2v) is 4.11. The first-order valence-corrected chi connectivity index (χ1v) is 4.49. The molecule has 0 unspecified atom stereocenters. The monoisotopic (exact) mass is 157 g/mol. The number of aliphatic hydroxyl groups is 1. The van der Waals surface area contributed by atoms with E-state index in [1.54, 1.807) is 0 Å². The summed E-state index contributed by atoms with van der Waals surface area (Å²) in [6.45, 7) is 7.78. The Balaban J connectivity index is 2.31. The Morgan fingerprint density at radius 1 is 1.45 bits per heavy atom. The van der Waals surface area contributed by atoms with Crippen LogP contribution in [0.25, 0.3) is 0 Å². The van der Waals surface area contributed by atoms with Gasteiger partial charge in [0.1, 0.15) is 0 Å². The van der Waals surface area contributed by atoms with E-state index in [0.717, 1.165) is 19.1 Å². The maximum Gasteiger partial charge on any atom is 0.0718 e.